The summed E-state index contributed by atoms with van der Waals surface area (Å²) in [5, 5.41) is 32.5. The lowest BCUT2D eigenvalue weighted by Gasteiger charge is -2.24. The molecule has 0 fully saturated rings. The van der Waals surface area contributed by atoms with Gasteiger partial charge in [-0.25, -0.2) is 8.42 Å². The highest BCUT2D eigenvalue weighted by Crippen LogP contribution is 2.20. The molecule has 26 heavy (non-hydrogen) atoms. The second-order valence-corrected chi connectivity index (χ2v) is 7.88. The molecule has 10 nitrogen and oxygen atoms in total. The predicted molar refractivity (Wildman–Crippen MR) is 96.6 cm³/mol. The predicted octanol–water partition coefficient (Wildman–Crippen LogP) is -0.711. The maximum absolute atomic E-state index is 12.0. The van der Waals surface area contributed by atoms with Crippen molar-refractivity contribution >= 4 is 33.8 Å². The number of aliphatic hydroxyl groups is 2. The Hall–Kier alpha value is -1.79. The first-order valence-corrected chi connectivity index (χ1v) is 9.38. The summed E-state index contributed by atoms with van der Waals surface area (Å²) in [7, 11) is -3.27. The number of rotatable bonds is 9. The summed E-state index contributed by atoms with van der Waals surface area (Å²) < 4.78 is 22.2. The fraction of sp³-hybridized carbons (Fsp3) is 0.500. The quantitative estimate of drug-likeness (QED) is 0.304. The Morgan fingerprint density at radius 2 is 1.88 bits per heavy atom. The summed E-state index contributed by atoms with van der Waals surface area (Å²) in [6, 6.07) is 2.77. The van der Waals surface area contributed by atoms with Crippen LogP contribution in [0.25, 0.3) is 0 Å². The van der Waals surface area contributed by atoms with E-state index in [1.165, 1.54) is 24.3 Å². The first-order valence-electron chi connectivity index (χ1n) is 7.32. The van der Waals surface area contributed by atoms with Gasteiger partial charge in [0.1, 0.15) is 15.9 Å². The maximum atomic E-state index is 12.0. The van der Waals surface area contributed by atoms with Crippen molar-refractivity contribution in [3.05, 3.63) is 39.9 Å². The highest BCUT2D eigenvalue weighted by Gasteiger charge is 2.25. The third-order valence-corrected chi connectivity index (χ3v) is 4.46. The fourth-order valence-corrected chi connectivity index (χ4v) is 2.69. The van der Waals surface area contributed by atoms with E-state index in [0.29, 0.717) is 0 Å². The highest BCUT2D eigenvalue weighted by molar-refractivity contribution is 7.90. The van der Waals surface area contributed by atoms with E-state index in [2.05, 4.69) is 5.32 Å². The molecule has 0 spiro atoms. The molecule has 0 aromatic heterocycles. The van der Waals surface area contributed by atoms with Crippen LogP contribution in [-0.2, 0) is 14.6 Å². The molecule has 1 aromatic rings. The van der Waals surface area contributed by atoms with E-state index in [1.807, 2.05) is 0 Å². The molecule has 12 heteroatoms. The lowest BCUT2D eigenvalue weighted by molar-refractivity contribution is -0.384. The van der Waals surface area contributed by atoms with Crippen molar-refractivity contribution in [2.24, 2.45) is 5.73 Å². The summed E-state index contributed by atoms with van der Waals surface area (Å²) in [4.78, 5) is 22.0. The molecule has 0 aliphatic carbocycles. The van der Waals surface area contributed by atoms with E-state index in [4.69, 9.17) is 5.73 Å². The molecule has 1 aromatic carbocycles. The number of nitrogens with zero attached hydrogens (tertiary/aromatic N) is 1. The number of amides is 1. The molecular weight excluding hydrogens is 390 g/mol. The van der Waals surface area contributed by atoms with Crippen molar-refractivity contribution < 1.29 is 28.3 Å². The minimum atomic E-state index is -3.27. The van der Waals surface area contributed by atoms with Crippen LogP contribution in [0.1, 0.15) is 18.1 Å². The second kappa shape index (κ2) is 10.4. The topological polar surface area (TPSA) is 173 Å². The number of carbonyl (C=O) groups is 1. The lowest BCUT2D eigenvalue weighted by atomic mass is 10.0. The van der Waals surface area contributed by atoms with Gasteiger partial charge in [0.05, 0.1) is 29.4 Å². The van der Waals surface area contributed by atoms with Crippen molar-refractivity contribution in [3.8, 4) is 0 Å². The number of nitrogens with two attached hydrogens (primary N) is 1. The van der Waals surface area contributed by atoms with Crippen LogP contribution in [0.3, 0.4) is 0 Å². The average molecular weight is 412 g/mol. The number of halogens is 1. The Morgan fingerprint density at radius 1 is 1.35 bits per heavy atom. The van der Waals surface area contributed by atoms with Crippen LogP contribution in [0.2, 0.25) is 0 Å². The maximum Gasteiger partial charge on any atom is 0.269 e. The molecule has 0 bridgehead atoms. The number of hydrogen-bond acceptors (Lipinski definition) is 8. The number of nitro benzene ring substituents is 1. The van der Waals surface area contributed by atoms with Crippen molar-refractivity contribution in [2.75, 3.05) is 18.6 Å². The van der Waals surface area contributed by atoms with Crippen molar-refractivity contribution in [3.63, 3.8) is 0 Å². The number of hydrogen-bond donors (Lipinski definition) is 4. The third-order valence-electron chi connectivity index (χ3n) is 3.49. The largest absolute Gasteiger partial charge is 0.394 e. The highest BCUT2D eigenvalue weighted by atomic mass is 35.5. The molecule has 1 amide bonds. The van der Waals surface area contributed by atoms with Gasteiger partial charge < -0.3 is 21.3 Å². The minimum absolute atomic E-state index is 0. The van der Waals surface area contributed by atoms with Gasteiger partial charge in [0.2, 0.25) is 5.91 Å². The number of carbonyl (C=O) groups excluding carboxylic acids is 1. The number of aliphatic hydroxyl groups excluding tert-OH is 2. The molecule has 0 saturated carbocycles. The van der Waals surface area contributed by atoms with Crippen LogP contribution >= 0.6 is 12.4 Å². The Kier molecular flexibility index (Phi) is 9.67. The number of nitrogens with one attached hydrogen (secondary N) is 1. The van der Waals surface area contributed by atoms with Crippen molar-refractivity contribution in [1.82, 2.24) is 5.32 Å². The van der Waals surface area contributed by atoms with Gasteiger partial charge in [-0.05, 0) is 24.1 Å². The molecule has 0 saturated heterocycles. The van der Waals surface area contributed by atoms with Gasteiger partial charge in [-0.1, -0.05) is 0 Å². The van der Waals surface area contributed by atoms with Gasteiger partial charge in [0.15, 0.2) is 0 Å². The van der Waals surface area contributed by atoms with E-state index in [-0.39, 0.29) is 35.8 Å². The number of non-ortho nitro benzene ring substituents is 1. The third kappa shape index (κ3) is 7.62. The number of benzene rings is 1. The molecular formula is C14H22ClN3O7S. The summed E-state index contributed by atoms with van der Waals surface area (Å²) in [6.45, 7) is -0.608. The fourth-order valence-electron chi connectivity index (χ4n) is 2.01. The average Bonchev–Trinajstić information content (AvgIpc) is 2.56. The first-order chi connectivity index (χ1) is 11.5. The summed E-state index contributed by atoms with van der Waals surface area (Å²) in [5.41, 5.74) is 5.70. The van der Waals surface area contributed by atoms with Gasteiger partial charge >= 0.3 is 0 Å². The zero-order chi connectivity index (χ0) is 19.2. The van der Waals surface area contributed by atoms with Gasteiger partial charge in [0, 0.05) is 18.4 Å². The van der Waals surface area contributed by atoms with Gasteiger partial charge in [-0.2, -0.15) is 0 Å². The second-order valence-electron chi connectivity index (χ2n) is 5.62. The normalized spacial score (nSPS) is 14.6. The van der Waals surface area contributed by atoms with E-state index in [9.17, 15) is 33.5 Å². The Balaban J connectivity index is 0.00000625. The summed E-state index contributed by atoms with van der Waals surface area (Å²) >= 11 is 0. The zero-order valence-electron chi connectivity index (χ0n) is 13.9. The van der Waals surface area contributed by atoms with E-state index in [0.717, 1.165) is 6.26 Å². The van der Waals surface area contributed by atoms with E-state index >= 15 is 0 Å². The van der Waals surface area contributed by atoms with Gasteiger partial charge in [-0.15, -0.1) is 12.4 Å². The van der Waals surface area contributed by atoms with Crippen LogP contribution in [0.4, 0.5) is 5.69 Å². The molecule has 0 heterocycles. The molecule has 5 N–H and O–H groups in total. The molecule has 1 rings (SSSR count). The smallest absolute Gasteiger partial charge is 0.269 e. The Labute approximate surface area is 156 Å². The summed E-state index contributed by atoms with van der Waals surface area (Å²) in [5.74, 6) is -0.986. The number of sulfone groups is 1. The van der Waals surface area contributed by atoms with Crippen LogP contribution in [-0.4, -0.2) is 60.2 Å². The number of nitro groups is 1. The van der Waals surface area contributed by atoms with Crippen LogP contribution in [0, 0.1) is 10.1 Å². The van der Waals surface area contributed by atoms with Crippen molar-refractivity contribution in [2.45, 2.75) is 24.6 Å². The Bertz CT molecular complexity index is 712. The van der Waals surface area contributed by atoms with Crippen LogP contribution in [0.5, 0.6) is 0 Å². The molecule has 0 aliphatic heterocycles. The molecule has 148 valence electrons. The Morgan fingerprint density at radius 3 is 2.31 bits per heavy atom. The van der Waals surface area contributed by atoms with E-state index < -0.39 is 45.5 Å². The summed E-state index contributed by atoms with van der Waals surface area (Å²) in [6.07, 6.45) is -0.403. The SMILES string of the molecule is CS(=O)(=O)CC[C@H](N)C(=O)N[C@H](CO)[C@H](O)c1ccc([N+](=O)[O-])cc1.Cl. The molecule has 0 unspecified atom stereocenters. The zero-order valence-corrected chi connectivity index (χ0v) is 15.6. The first kappa shape index (κ1) is 24.2. The van der Waals surface area contributed by atoms with Gasteiger partial charge in [-0.3, -0.25) is 14.9 Å². The lowest BCUT2D eigenvalue weighted by Crippen LogP contribution is -2.49. The van der Waals surface area contributed by atoms with Gasteiger partial charge in [0.25, 0.3) is 5.69 Å². The van der Waals surface area contributed by atoms with E-state index in [1.54, 1.807) is 0 Å². The van der Waals surface area contributed by atoms with Crippen LogP contribution in [0.15, 0.2) is 24.3 Å². The molecule has 3 atom stereocenters. The monoisotopic (exact) mass is 411 g/mol. The minimum Gasteiger partial charge on any atom is -0.394 e. The molecule has 0 radical (unpaired) electrons. The van der Waals surface area contributed by atoms with Crippen LogP contribution < -0.4 is 11.1 Å². The standard InChI is InChI=1S/C14H21N3O7S.ClH/c1-25(23,24)7-6-11(15)14(20)16-12(8-18)13(19)9-2-4-10(5-3-9)17(21)22;/h2-5,11-13,18-19H,6-8,15H2,1H3,(H,16,20);1H/t11-,12+,13+;/m0./s1. The van der Waals surface area contributed by atoms with Crippen molar-refractivity contribution in [1.29, 1.82) is 0 Å². The molecule has 0 aliphatic rings.